The maximum absolute atomic E-state index is 12.4. The third-order valence-corrected chi connectivity index (χ3v) is 5.17. The van der Waals surface area contributed by atoms with Crippen molar-refractivity contribution in [2.75, 3.05) is 6.61 Å². The van der Waals surface area contributed by atoms with Gasteiger partial charge in [0.15, 0.2) is 5.06 Å². The summed E-state index contributed by atoms with van der Waals surface area (Å²) < 4.78 is 7.47. The van der Waals surface area contributed by atoms with E-state index < -0.39 is 0 Å². The summed E-state index contributed by atoms with van der Waals surface area (Å²) in [5.74, 6) is 1.43. The van der Waals surface area contributed by atoms with Crippen molar-refractivity contribution >= 4 is 17.2 Å². The zero-order valence-corrected chi connectivity index (χ0v) is 13.9. The monoisotopic (exact) mass is 319 g/mol. The number of hydrogen-bond acceptors (Lipinski definition) is 4. The molecule has 118 valence electrons. The van der Waals surface area contributed by atoms with Crippen LogP contribution in [0.15, 0.2) is 24.5 Å². The van der Waals surface area contributed by atoms with Gasteiger partial charge in [-0.15, -0.1) is 11.3 Å². The van der Waals surface area contributed by atoms with Gasteiger partial charge < -0.3 is 14.6 Å². The van der Waals surface area contributed by atoms with Crippen LogP contribution in [-0.4, -0.2) is 22.1 Å². The first-order chi connectivity index (χ1) is 10.6. The van der Waals surface area contributed by atoms with Crippen LogP contribution in [-0.2, 0) is 11.8 Å². The Labute approximate surface area is 134 Å². The summed E-state index contributed by atoms with van der Waals surface area (Å²) in [4.78, 5) is 17.8. The minimum Gasteiger partial charge on any atom is -0.484 e. The predicted octanol–water partition coefficient (Wildman–Crippen LogP) is 2.86. The molecular weight excluding hydrogens is 298 g/mol. The van der Waals surface area contributed by atoms with Gasteiger partial charge in [0.2, 0.25) is 5.91 Å². The minimum absolute atomic E-state index is 0.00864. The fourth-order valence-electron chi connectivity index (χ4n) is 2.68. The van der Waals surface area contributed by atoms with Gasteiger partial charge in [-0.2, -0.15) is 0 Å². The number of aromatic nitrogens is 2. The van der Waals surface area contributed by atoms with Crippen LogP contribution >= 0.6 is 11.3 Å². The van der Waals surface area contributed by atoms with Crippen LogP contribution < -0.4 is 10.1 Å². The highest BCUT2D eigenvalue weighted by atomic mass is 32.1. The van der Waals surface area contributed by atoms with Gasteiger partial charge in [0.25, 0.3) is 0 Å². The Balaban J connectivity index is 1.57. The standard InChI is InChI=1S/C16H21N3O2S/c1-4-21-14-6-5-13(22-14)10(2)18-16(20)12-9-11(12)15-17-7-8-19(15)3/h5-8,10-12H,4,9H2,1-3H3,(H,18,20)/t10-,11?,12?/m1/s1. The molecule has 0 aliphatic heterocycles. The smallest absolute Gasteiger partial charge is 0.224 e. The maximum atomic E-state index is 12.4. The molecule has 0 aromatic carbocycles. The molecule has 0 radical (unpaired) electrons. The highest BCUT2D eigenvalue weighted by molar-refractivity contribution is 7.13. The number of imidazole rings is 1. The van der Waals surface area contributed by atoms with E-state index in [1.165, 1.54) is 0 Å². The van der Waals surface area contributed by atoms with Crippen molar-refractivity contribution in [3.05, 3.63) is 35.2 Å². The van der Waals surface area contributed by atoms with Gasteiger partial charge in [-0.3, -0.25) is 4.79 Å². The Kier molecular flexibility index (Phi) is 4.20. The molecule has 0 saturated heterocycles. The SMILES string of the molecule is CCOc1ccc([C@@H](C)NC(=O)C2CC2c2nccn2C)s1. The molecule has 5 nitrogen and oxygen atoms in total. The summed E-state index contributed by atoms with van der Waals surface area (Å²) in [7, 11) is 1.97. The van der Waals surface area contributed by atoms with E-state index in [9.17, 15) is 4.79 Å². The largest absolute Gasteiger partial charge is 0.484 e. The normalized spacial score (nSPS) is 21.4. The maximum Gasteiger partial charge on any atom is 0.224 e. The molecule has 0 spiro atoms. The number of aryl methyl sites for hydroxylation is 1. The Hall–Kier alpha value is -1.82. The minimum atomic E-state index is 0.00864. The van der Waals surface area contributed by atoms with E-state index in [0.29, 0.717) is 6.61 Å². The Morgan fingerprint density at radius 1 is 1.59 bits per heavy atom. The van der Waals surface area contributed by atoms with E-state index >= 15 is 0 Å². The van der Waals surface area contributed by atoms with Crippen molar-refractivity contribution in [3.8, 4) is 5.06 Å². The molecule has 1 saturated carbocycles. The van der Waals surface area contributed by atoms with E-state index in [-0.39, 0.29) is 23.8 Å². The Morgan fingerprint density at radius 3 is 3.09 bits per heavy atom. The van der Waals surface area contributed by atoms with Gasteiger partial charge in [-0.1, -0.05) is 0 Å². The lowest BCUT2D eigenvalue weighted by Gasteiger charge is -2.12. The van der Waals surface area contributed by atoms with Crippen LogP contribution in [0.2, 0.25) is 0 Å². The van der Waals surface area contributed by atoms with Gasteiger partial charge in [0.05, 0.1) is 12.6 Å². The molecule has 2 heterocycles. The van der Waals surface area contributed by atoms with Crippen LogP contribution in [0.4, 0.5) is 0 Å². The van der Waals surface area contributed by atoms with Crippen molar-refractivity contribution in [1.82, 2.24) is 14.9 Å². The molecule has 3 atom stereocenters. The molecule has 6 heteroatoms. The first-order valence-corrected chi connectivity index (χ1v) is 8.42. The number of ether oxygens (including phenoxy) is 1. The quantitative estimate of drug-likeness (QED) is 0.891. The molecule has 0 bridgehead atoms. The summed E-state index contributed by atoms with van der Waals surface area (Å²) in [6.07, 6.45) is 4.59. The second kappa shape index (κ2) is 6.12. The third kappa shape index (κ3) is 3.02. The van der Waals surface area contributed by atoms with Crippen LogP contribution in [0.3, 0.4) is 0 Å². The lowest BCUT2D eigenvalue weighted by atomic mass is 10.2. The van der Waals surface area contributed by atoms with Crippen molar-refractivity contribution in [2.45, 2.75) is 32.2 Å². The van der Waals surface area contributed by atoms with E-state index in [1.54, 1.807) is 17.5 Å². The first kappa shape index (κ1) is 15.1. The van der Waals surface area contributed by atoms with Gasteiger partial charge in [-0.05, 0) is 32.4 Å². The number of nitrogens with one attached hydrogen (secondary N) is 1. The van der Waals surface area contributed by atoms with Crippen LogP contribution in [0.25, 0.3) is 0 Å². The molecule has 22 heavy (non-hydrogen) atoms. The van der Waals surface area contributed by atoms with Crippen LogP contribution in [0, 0.1) is 5.92 Å². The lowest BCUT2D eigenvalue weighted by Crippen LogP contribution is -2.28. The van der Waals surface area contributed by atoms with Crippen molar-refractivity contribution < 1.29 is 9.53 Å². The van der Waals surface area contributed by atoms with E-state index in [4.69, 9.17) is 4.74 Å². The van der Waals surface area contributed by atoms with Crippen LogP contribution in [0.5, 0.6) is 5.06 Å². The predicted molar refractivity (Wildman–Crippen MR) is 86.1 cm³/mol. The highest BCUT2D eigenvalue weighted by Gasteiger charge is 2.46. The van der Waals surface area contributed by atoms with Gasteiger partial charge in [0, 0.05) is 36.2 Å². The fourth-order valence-corrected chi connectivity index (χ4v) is 3.60. The second-order valence-corrected chi connectivity index (χ2v) is 6.74. The third-order valence-electron chi connectivity index (χ3n) is 3.99. The first-order valence-electron chi connectivity index (χ1n) is 7.60. The molecule has 3 rings (SSSR count). The molecule has 2 unspecified atom stereocenters. The molecule has 1 fully saturated rings. The number of rotatable bonds is 6. The average Bonchev–Trinajstić information content (AvgIpc) is 2.92. The van der Waals surface area contributed by atoms with E-state index in [1.807, 2.05) is 43.8 Å². The number of carbonyl (C=O) groups is 1. The number of nitrogens with zero attached hydrogens (tertiary/aromatic N) is 2. The average molecular weight is 319 g/mol. The lowest BCUT2D eigenvalue weighted by molar-refractivity contribution is -0.123. The van der Waals surface area contributed by atoms with E-state index in [0.717, 1.165) is 22.2 Å². The van der Waals surface area contributed by atoms with Crippen LogP contribution in [0.1, 0.15) is 42.9 Å². The number of carbonyl (C=O) groups excluding carboxylic acids is 1. The van der Waals surface area contributed by atoms with E-state index in [2.05, 4.69) is 10.3 Å². The highest BCUT2D eigenvalue weighted by Crippen LogP contribution is 2.47. The second-order valence-electron chi connectivity index (χ2n) is 5.67. The van der Waals surface area contributed by atoms with Crippen molar-refractivity contribution in [1.29, 1.82) is 0 Å². The summed E-state index contributed by atoms with van der Waals surface area (Å²) in [5.41, 5.74) is 0. The van der Waals surface area contributed by atoms with Gasteiger partial charge >= 0.3 is 0 Å². The molecular formula is C16H21N3O2S. The molecule has 1 aliphatic carbocycles. The van der Waals surface area contributed by atoms with Gasteiger partial charge in [-0.25, -0.2) is 4.98 Å². The molecule has 1 amide bonds. The zero-order chi connectivity index (χ0) is 15.7. The summed E-state index contributed by atoms with van der Waals surface area (Å²) in [6.45, 7) is 4.64. The number of hydrogen-bond donors (Lipinski definition) is 1. The topological polar surface area (TPSA) is 56.1 Å². The molecule has 1 N–H and O–H groups in total. The molecule has 1 aliphatic rings. The summed E-state index contributed by atoms with van der Waals surface area (Å²) in [5, 5.41) is 4.00. The molecule has 2 aromatic heterocycles. The molecule has 2 aromatic rings. The van der Waals surface area contributed by atoms with Gasteiger partial charge in [0.1, 0.15) is 5.82 Å². The van der Waals surface area contributed by atoms with Crippen molar-refractivity contribution in [2.24, 2.45) is 13.0 Å². The Morgan fingerprint density at radius 2 is 2.41 bits per heavy atom. The van der Waals surface area contributed by atoms with Crippen molar-refractivity contribution in [3.63, 3.8) is 0 Å². The number of amides is 1. The zero-order valence-electron chi connectivity index (χ0n) is 13.1. The Bertz CT molecular complexity index is 664. The summed E-state index contributed by atoms with van der Waals surface area (Å²) in [6, 6.07) is 3.98. The fraction of sp³-hybridized carbons (Fsp3) is 0.500. The summed E-state index contributed by atoms with van der Waals surface area (Å²) >= 11 is 1.59. The number of thiophene rings is 1.